The van der Waals surface area contributed by atoms with Gasteiger partial charge in [-0.2, -0.15) is 0 Å². The van der Waals surface area contributed by atoms with Crippen molar-refractivity contribution in [2.75, 3.05) is 5.73 Å². The van der Waals surface area contributed by atoms with Gasteiger partial charge in [-0.15, -0.1) is 0 Å². The molecule has 0 aromatic carbocycles. The molecule has 6 nitrogen and oxygen atoms in total. The van der Waals surface area contributed by atoms with E-state index >= 15 is 0 Å². The summed E-state index contributed by atoms with van der Waals surface area (Å²) in [5.74, 6) is 0.926. The Balaban J connectivity index is 0.000000980. The fourth-order valence-corrected chi connectivity index (χ4v) is 1.28. The predicted molar refractivity (Wildman–Crippen MR) is 89.9 cm³/mol. The van der Waals surface area contributed by atoms with Crippen molar-refractivity contribution in [1.29, 1.82) is 0 Å². The lowest BCUT2D eigenvalue weighted by Crippen LogP contribution is -2.06. The van der Waals surface area contributed by atoms with Gasteiger partial charge in [0.2, 0.25) is 0 Å². The van der Waals surface area contributed by atoms with Crippen LogP contribution in [0.5, 0.6) is 0 Å². The van der Waals surface area contributed by atoms with Crippen LogP contribution in [0.1, 0.15) is 46.2 Å². The van der Waals surface area contributed by atoms with E-state index in [0.717, 1.165) is 17.9 Å². The molecule has 0 fully saturated rings. The number of nitrogens with zero attached hydrogens (tertiary/aromatic N) is 3. The summed E-state index contributed by atoms with van der Waals surface area (Å²) in [5, 5.41) is 19.2. The molecule has 0 unspecified atom stereocenters. The van der Waals surface area contributed by atoms with Crippen LogP contribution >= 0.6 is 0 Å². The molecule has 1 aromatic heterocycles. The first-order valence-corrected chi connectivity index (χ1v) is 7.23. The molecular weight excluding hydrogens is 280 g/mol. The molecule has 0 atom stereocenters. The van der Waals surface area contributed by atoms with E-state index in [9.17, 15) is 0 Å². The summed E-state index contributed by atoms with van der Waals surface area (Å²) in [5.41, 5.74) is 6.93. The molecule has 3 N–H and O–H groups in total. The monoisotopic (exact) mass is 306 g/mol. The average Bonchev–Trinajstić information content (AvgIpc) is 2.88. The second kappa shape index (κ2) is 11.3. The molecule has 122 valence electrons. The Labute approximate surface area is 132 Å². The highest BCUT2D eigenvalue weighted by Crippen LogP contribution is 2.14. The third-order valence-corrected chi connectivity index (χ3v) is 2.22. The van der Waals surface area contributed by atoms with E-state index in [1.165, 1.54) is 0 Å². The molecule has 0 spiro atoms. The van der Waals surface area contributed by atoms with E-state index in [-0.39, 0.29) is 17.2 Å². The van der Waals surface area contributed by atoms with Gasteiger partial charge < -0.3 is 10.9 Å². The zero-order valence-electron chi connectivity index (χ0n) is 13.8. The molecule has 1 aromatic rings. The lowest BCUT2D eigenvalue weighted by Gasteiger charge is -2.01. The van der Waals surface area contributed by atoms with Crippen molar-refractivity contribution in [3.05, 3.63) is 42.2 Å². The predicted octanol–water partition coefficient (Wildman–Crippen LogP) is 3.96. The maximum Gasteiger partial charge on any atom is 0.197 e. The van der Waals surface area contributed by atoms with E-state index < -0.39 is 0 Å². The largest absolute Gasteiger partial charge is 0.411 e. The molecule has 0 saturated heterocycles. The third kappa shape index (κ3) is 8.04. The average molecular weight is 306 g/mol. The van der Waals surface area contributed by atoms with Gasteiger partial charge in [0.15, 0.2) is 11.5 Å². The zero-order valence-corrected chi connectivity index (χ0v) is 13.8. The van der Waals surface area contributed by atoms with Crippen LogP contribution in [0.4, 0.5) is 5.82 Å². The number of aromatic nitrogens is 2. The second-order valence-corrected chi connectivity index (χ2v) is 5.24. The van der Waals surface area contributed by atoms with Gasteiger partial charge in [-0.1, -0.05) is 63.7 Å². The first-order valence-electron chi connectivity index (χ1n) is 7.23. The van der Waals surface area contributed by atoms with Crippen LogP contribution < -0.4 is 5.73 Å². The maximum absolute atomic E-state index is 8.98. The number of allylic oxidation sites excluding steroid dienone is 5. The number of anilines is 1. The Bertz CT molecular complexity index is 525. The number of nitrogens with two attached hydrogens (primary N) is 1. The van der Waals surface area contributed by atoms with Gasteiger partial charge in [0.1, 0.15) is 5.71 Å². The molecule has 0 aliphatic carbocycles. The summed E-state index contributed by atoms with van der Waals surface area (Å²) in [4.78, 5) is 0. The Morgan fingerprint density at radius 3 is 2.45 bits per heavy atom. The summed E-state index contributed by atoms with van der Waals surface area (Å²) >= 11 is 0. The van der Waals surface area contributed by atoms with Gasteiger partial charge in [-0.25, -0.2) is 4.63 Å². The molecule has 1 rings (SSSR count). The van der Waals surface area contributed by atoms with Crippen LogP contribution in [0, 0.1) is 5.92 Å². The standard InChI is InChI=1S/C12H16N4O2.C4H10/c1-3-5-6-7-9(4-2)8-10(14-17)11-12(13)16-18-15-11;1-4(2)3/h4-7,17H,2-3,8H2,1H3,(H2,13,16);4H,1-3H3/b6-5-,9-7+,14-10+;. The first kappa shape index (κ1) is 19.6. The number of nitrogen functional groups attached to an aromatic ring is 1. The smallest absolute Gasteiger partial charge is 0.197 e. The Kier molecular flexibility index (Phi) is 10.1. The lowest BCUT2D eigenvalue weighted by atomic mass is 10.1. The van der Waals surface area contributed by atoms with Gasteiger partial charge in [-0.05, 0) is 28.2 Å². The molecule has 0 aliphatic heterocycles. The van der Waals surface area contributed by atoms with Gasteiger partial charge in [-0.3, -0.25) is 0 Å². The molecule has 1 heterocycles. The summed E-state index contributed by atoms with van der Waals surface area (Å²) in [7, 11) is 0. The number of hydrogen-bond acceptors (Lipinski definition) is 6. The van der Waals surface area contributed by atoms with Crippen molar-refractivity contribution in [1.82, 2.24) is 10.3 Å². The molecular formula is C16H26N4O2. The Hall–Kier alpha value is -2.37. The number of oxime groups is 1. The van der Waals surface area contributed by atoms with E-state index in [1.807, 2.05) is 25.2 Å². The highest BCUT2D eigenvalue weighted by molar-refractivity contribution is 6.03. The van der Waals surface area contributed by atoms with Crippen LogP contribution in [-0.4, -0.2) is 21.2 Å². The fraction of sp³-hybridized carbons (Fsp3) is 0.438. The van der Waals surface area contributed by atoms with Crippen molar-refractivity contribution in [3.63, 3.8) is 0 Å². The van der Waals surface area contributed by atoms with E-state index in [0.29, 0.717) is 6.42 Å². The summed E-state index contributed by atoms with van der Waals surface area (Å²) in [6, 6.07) is 0. The van der Waals surface area contributed by atoms with Crippen LogP contribution in [0.3, 0.4) is 0 Å². The van der Waals surface area contributed by atoms with Crippen LogP contribution in [-0.2, 0) is 0 Å². The topological polar surface area (TPSA) is 97.5 Å². The molecule has 0 radical (unpaired) electrons. The van der Waals surface area contributed by atoms with Crippen LogP contribution in [0.2, 0.25) is 0 Å². The third-order valence-electron chi connectivity index (χ3n) is 2.22. The second-order valence-electron chi connectivity index (χ2n) is 5.24. The SMILES string of the molecule is C=C/C(=C\C=C/CC)C/C(=N\O)c1nonc1N.CC(C)C. The number of rotatable bonds is 6. The van der Waals surface area contributed by atoms with E-state index in [2.05, 4.69) is 47.4 Å². The maximum atomic E-state index is 8.98. The first-order chi connectivity index (χ1) is 10.5. The van der Waals surface area contributed by atoms with Crippen molar-refractivity contribution in [3.8, 4) is 0 Å². The van der Waals surface area contributed by atoms with E-state index in [1.54, 1.807) is 6.08 Å². The molecule has 6 heteroatoms. The van der Waals surface area contributed by atoms with Gasteiger partial charge in [0.05, 0.1) is 0 Å². The summed E-state index contributed by atoms with van der Waals surface area (Å²) in [6.07, 6.45) is 8.76. The fourth-order valence-electron chi connectivity index (χ4n) is 1.28. The molecule has 0 saturated carbocycles. The minimum absolute atomic E-state index is 0.0929. The van der Waals surface area contributed by atoms with E-state index in [4.69, 9.17) is 10.9 Å². The van der Waals surface area contributed by atoms with Crippen molar-refractivity contribution in [2.24, 2.45) is 11.1 Å². The zero-order chi connectivity index (χ0) is 17.0. The normalized spacial score (nSPS) is 12.4. The highest BCUT2D eigenvalue weighted by Gasteiger charge is 2.15. The molecule has 0 bridgehead atoms. The Morgan fingerprint density at radius 1 is 1.41 bits per heavy atom. The van der Waals surface area contributed by atoms with Gasteiger partial charge in [0, 0.05) is 6.42 Å². The quantitative estimate of drug-likeness (QED) is 0.359. The van der Waals surface area contributed by atoms with Crippen LogP contribution in [0.15, 0.2) is 46.2 Å². The van der Waals surface area contributed by atoms with Gasteiger partial charge >= 0.3 is 0 Å². The van der Waals surface area contributed by atoms with Gasteiger partial charge in [0.25, 0.3) is 0 Å². The van der Waals surface area contributed by atoms with Crippen molar-refractivity contribution < 1.29 is 9.84 Å². The molecule has 22 heavy (non-hydrogen) atoms. The van der Waals surface area contributed by atoms with Crippen molar-refractivity contribution >= 4 is 11.5 Å². The van der Waals surface area contributed by atoms with Crippen LogP contribution in [0.25, 0.3) is 0 Å². The number of hydrogen-bond donors (Lipinski definition) is 2. The molecule has 0 amide bonds. The summed E-state index contributed by atoms with van der Waals surface area (Å²) in [6.45, 7) is 12.2. The minimum atomic E-state index is 0.0929. The Morgan fingerprint density at radius 2 is 2.05 bits per heavy atom. The summed E-state index contributed by atoms with van der Waals surface area (Å²) < 4.78 is 4.47. The minimum Gasteiger partial charge on any atom is -0.411 e. The van der Waals surface area contributed by atoms with Crippen molar-refractivity contribution in [2.45, 2.75) is 40.5 Å². The molecule has 0 aliphatic rings. The highest BCUT2D eigenvalue weighted by atomic mass is 16.6. The lowest BCUT2D eigenvalue weighted by molar-refractivity contribution is 0.304.